The van der Waals surface area contributed by atoms with E-state index in [4.69, 9.17) is 15.7 Å². The van der Waals surface area contributed by atoms with Gasteiger partial charge in [0.1, 0.15) is 29.8 Å². The van der Waals surface area contributed by atoms with Crippen molar-refractivity contribution in [3.8, 4) is 11.8 Å². The lowest BCUT2D eigenvalue weighted by Crippen LogP contribution is -2.76. The Kier molecular flexibility index (Phi) is 6.26. The maximum atomic E-state index is 12.6. The van der Waals surface area contributed by atoms with E-state index in [-0.39, 0.29) is 23.1 Å². The summed E-state index contributed by atoms with van der Waals surface area (Å²) in [6.07, 6.45) is 0. The second kappa shape index (κ2) is 8.68. The fourth-order valence-corrected chi connectivity index (χ4v) is 5.04. The number of carbonyl (C=O) groups excluding carboxylic acids is 2. The summed E-state index contributed by atoms with van der Waals surface area (Å²) in [7, 11) is 1.48. The number of β-lactam (4-membered cyclic amide) rings is 1. The molecule has 2 aliphatic heterocycles. The van der Waals surface area contributed by atoms with Crippen LogP contribution in [0, 0.1) is 17.8 Å². The predicted molar refractivity (Wildman–Crippen MR) is 104 cm³/mol. The molecular weight excluding hydrogens is 422 g/mol. The molecule has 0 spiro atoms. The standard InChI is InChI=1S/C16H17N5O6S2/c1-27-4-2-3-7-5-28-14-10(13(23)21(14)11(7)15(24)25)19-12(22)9(20-26)8-6-29-16(17)18-8/h6-7,10-11,14,26H,4-5H2,1H3,(H2,17,18)(H,19,22)(H,24,25)/b20-9-/t7?,10-,11?,14-/m1/s1. The van der Waals surface area contributed by atoms with Gasteiger partial charge in [-0.3, -0.25) is 9.59 Å². The molecule has 29 heavy (non-hydrogen) atoms. The van der Waals surface area contributed by atoms with Crippen LogP contribution >= 0.6 is 23.1 Å². The average molecular weight is 439 g/mol. The third kappa shape index (κ3) is 4.00. The number of carboxylic acids is 1. The van der Waals surface area contributed by atoms with E-state index in [2.05, 4.69) is 27.3 Å². The number of aromatic nitrogens is 1. The zero-order valence-electron chi connectivity index (χ0n) is 15.1. The molecule has 2 unspecified atom stereocenters. The Morgan fingerprint density at radius 2 is 2.31 bits per heavy atom. The fourth-order valence-electron chi connectivity index (χ4n) is 3.05. The minimum absolute atomic E-state index is 0.0734. The first-order valence-corrected chi connectivity index (χ1v) is 10.2. The number of thiazole rings is 1. The van der Waals surface area contributed by atoms with Crippen LogP contribution in [0.15, 0.2) is 10.5 Å². The van der Waals surface area contributed by atoms with Crippen LogP contribution < -0.4 is 11.1 Å². The molecule has 2 amide bonds. The zero-order chi connectivity index (χ0) is 21.1. The number of nitrogens with zero attached hydrogens (tertiary/aromatic N) is 3. The molecule has 4 atom stereocenters. The van der Waals surface area contributed by atoms with E-state index >= 15 is 0 Å². The maximum absolute atomic E-state index is 12.6. The quantitative estimate of drug-likeness (QED) is 0.148. The first-order valence-electron chi connectivity index (χ1n) is 8.27. The number of rotatable bonds is 5. The van der Waals surface area contributed by atoms with Crippen molar-refractivity contribution in [3.05, 3.63) is 11.1 Å². The van der Waals surface area contributed by atoms with Gasteiger partial charge >= 0.3 is 5.97 Å². The van der Waals surface area contributed by atoms with Gasteiger partial charge in [-0.1, -0.05) is 17.0 Å². The van der Waals surface area contributed by atoms with Gasteiger partial charge in [-0.05, 0) is 0 Å². The summed E-state index contributed by atoms with van der Waals surface area (Å²) in [6, 6.07) is -2.06. The van der Waals surface area contributed by atoms with E-state index in [1.807, 2.05) is 0 Å². The summed E-state index contributed by atoms with van der Waals surface area (Å²) >= 11 is 2.38. The number of methoxy groups -OCH3 is 1. The highest BCUT2D eigenvalue weighted by molar-refractivity contribution is 8.00. The number of carbonyl (C=O) groups is 3. The van der Waals surface area contributed by atoms with E-state index in [0.717, 1.165) is 11.3 Å². The van der Waals surface area contributed by atoms with Crippen molar-refractivity contribution < 1.29 is 29.4 Å². The Morgan fingerprint density at radius 1 is 1.55 bits per heavy atom. The maximum Gasteiger partial charge on any atom is 0.327 e. The molecular formula is C16H17N5O6S2. The Hall–Kier alpha value is -2.82. The van der Waals surface area contributed by atoms with Crippen molar-refractivity contribution in [1.82, 2.24) is 15.2 Å². The average Bonchev–Trinajstić information content (AvgIpc) is 3.12. The molecule has 2 aliphatic rings. The van der Waals surface area contributed by atoms with Crippen molar-refractivity contribution in [1.29, 1.82) is 0 Å². The molecule has 0 radical (unpaired) electrons. The molecule has 0 aliphatic carbocycles. The number of aliphatic carboxylic acids is 1. The second-order valence-corrected chi connectivity index (χ2v) is 8.12. The van der Waals surface area contributed by atoms with Crippen LogP contribution in [0.5, 0.6) is 0 Å². The van der Waals surface area contributed by atoms with Crippen molar-refractivity contribution >= 4 is 51.7 Å². The van der Waals surface area contributed by atoms with Gasteiger partial charge in [0.25, 0.3) is 5.91 Å². The molecule has 0 saturated carbocycles. The molecule has 1 aromatic heterocycles. The molecule has 2 fully saturated rings. The zero-order valence-corrected chi connectivity index (χ0v) is 16.7. The lowest BCUT2D eigenvalue weighted by Gasteiger charge is -2.53. The molecule has 0 bridgehead atoms. The van der Waals surface area contributed by atoms with Crippen molar-refractivity contribution in [2.24, 2.45) is 11.1 Å². The number of nitrogens with two attached hydrogens (primary N) is 1. The van der Waals surface area contributed by atoms with E-state index in [1.54, 1.807) is 0 Å². The number of amides is 2. The number of thioether (sulfide) groups is 1. The monoisotopic (exact) mass is 439 g/mol. The van der Waals surface area contributed by atoms with E-state index in [1.165, 1.54) is 29.2 Å². The van der Waals surface area contributed by atoms with Gasteiger partial charge in [0.05, 0.1) is 5.92 Å². The van der Waals surface area contributed by atoms with Crippen LogP contribution in [-0.2, 0) is 19.1 Å². The highest BCUT2D eigenvalue weighted by Gasteiger charge is 2.57. The van der Waals surface area contributed by atoms with Crippen LogP contribution in [0.3, 0.4) is 0 Å². The van der Waals surface area contributed by atoms with Gasteiger partial charge in [-0.25, -0.2) is 9.78 Å². The van der Waals surface area contributed by atoms with Crippen molar-refractivity contribution in [2.45, 2.75) is 17.5 Å². The minimum Gasteiger partial charge on any atom is -0.480 e. The molecule has 0 aromatic carbocycles. The number of oxime groups is 1. The Labute approximate surface area is 173 Å². The molecule has 154 valence electrons. The fraction of sp³-hybridized carbons (Fsp3) is 0.438. The Bertz CT molecular complexity index is 922. The van der Waals surface area contributed by atoms with E-state index < -0.39 is 41.2 Å². The third-order valence-electron chi connectivity index (χ3n) is 4.33. The summed E-state index contributed by atoms with van der Waals surface area (Å²) in [5, 5.41) is 25.2. The number of carboxylic acid groups (broad SMARTS) is 1. The van der Waals surface area contributed by atoms with Crippen molar-refractivity contribution in [2.75, 3.05) is 25.2 Å². The summed E-state index contributed by atoms with van der Waals surface area (Å²) in [5.74, 6) is 2.86. The molecule has 2 saturated heterocycles. The van der Waals surface area contributed by atoms with Crippen molar-refractivity contribution in [3.63, 3.8) is 0 Å². The number of ether oxygens (including phenoxy) is 1. The second-order valence-electron chi connectivity index (χ2n) is 6.08. The number of anilines is 1. The lowest BCUT2D eigenvalue weighted by atomic mass is 9.93. The highest BCUT2D eigenvalue weighted by atomic mass is 32.2. The topological polar surface area (TPSA) is 167 Å². The number of nitrogens with one attached hydrogen (secondary N) is 1. The van der Waals surface area contributed by atoms with Crippen LogP contribution in [0.25, 0.3) is 0 Å². The van der Waals surface area contributed by atoms with Crippen LogP contribution in [0.4, 0.5) is 5.13 Å². The Morgan fingerprint density at radius 3 is 2.90 bits per heavy atom. The first-order chi connectivity index (χ1) is 13.9. The SMILES string of the molecule is COCC#CC1CS[C@@H]2[C@H](NC(=O)/C(=N\O)c3csc(N)n3)C(=O)N2C1C(=O)O. The summed E-state index contributed by atoms with van der Waals surface area (Å²) < 4.78 is 4.84. The van der Waals surface area contributed by atoms with Crippen LogP contribution in [-0.4, -0.2) is 80.6 Å². The first kappa shape index (κ1) is 20.9. The van der Waals surface area contributed by atoms with Gasteiger partial charge in [0.15, 0.2) is 10.8 Å². The molecule has 5 N–H and O–H groups in total. The number of hydrogen-bond donors (Lipinski definition) is 4. The third-order valence-corrected chi connectivity index (χ3v) is 6.40. The lowest BCUT2D eigenvalue weighted by molar-refractivity contribution is -0.163. The molecule has 13 heteroatoms. The smallest absolute Gasteiger partial charge is 0.327 e. The molecule has 3 rings (SSSR count). The molecule has 1 aromatic rings. The molecule has 11 nitrogen and oxygen atoms in total. The van der Waals surface area contributed by atoms with Gasteiger partial charge in [-0.2, -0.15) is 0 Å². The van der Waals surface area contributed by atoms with Gasteiger partial charge < -0.3 is 31.0 Å². The number of nitrogen functional groups attached to an aromatic ring is 1. The van der Waals surface area contributed by atoms with Crippen LogP contribution in [0.2, 0.25) is 0 Å². The molecule has 3 heterocycles. The van der Waals surface area contributed by atoms with Gasteiger partial charge in [-0.15, -0.1) is 23.1 Å². The summed E-state index contributed by atoms with van der Waals surface area (Å²) in [6.45, 7) is 0.161. The summed E-state index contributed by atoms with van der Waals surface area (Å²) in [4.78, 5) is 41.9. The number of fused-ring (bicyclic) bond motifs is 1. The van der Waals surface area contributed by atoms with E-state index in [9.17, 15) is 19.5 Å². The van der Waals surface area contributed by atoms with Gasteiger partial charge in [0, 0.05) is 18.2 Å². The normalized spacial score (nSPS) is 26.0. The van der Waals surface area contributed by atoms with E-state index in [0.29, 0.717) is 5.75 Å². The predicted octanol–water partition coefficient (Wildman–Crippen LogP) is -0.977. The highest BCUT2D eigenvalue weighted by Crippen LogP contribution is 2.40. The minimum atomic E-state index is -1.17. The van der Waals surface area contributed by atoms with Crippen LogP contribution in [0.1, 0.15) is 5.69 Å². The largest absolute Gasteiger partial charge is 0.480 e. The number of hydrogen-bond acceptors (Lipinski definition) is 10. The Balaban J connectivity index is 1.72. The van der Waals surface area contributed by atoms with Gasteiger partial charge in [0.2, 0.25) is 5.91 Å². The summed E-state index contributed by atoms with van der Waals surface area (Å²) in [5.41, 5.74) is 5.21.